The zero-order valence-corrected chi connectivity index (χ0v) is 16.5. The zero-order valence-electron chi connectivity index (χ0n) is 16.5. The molecular formula is C22H22N2O5. The number of hydrogen-bond acceptors (Lipinski definition) is 5. The molecular weight excluding hydrogens is 372 g/mol. The number of anilines is 1. The van der Waals surface area contributed by atoms with E-state index in [1.54, 1.807) is 42.5 Å². The molecule has 1 aliphatic rings. The topological polar surface area (TPSA) is 84.9 Å². The Bertz CT molecular complexity index is 979. The third kappa shape index (κ3) is 4.29. The number of rotatable bonds is 6. The fourth-order valence-corrected chi connectivity index (χ4v) is 2.91. The van der Waals surface area contributed by atoms with Gasteiger partial charge in [-0.05, 0) is 56.7 Å². The van der Waals surface area contributed by atoms with Crippen LogP contribution in [0, 0.1) is 6.92 Å². The lowest BCUT2D eigenvalue weighted by molar-refractivity contribution is -0.122. The van der Waals surface area contributed by atoms with Gasteiger partial charge in [-0.25, -0.2) is 9.69 Å². The lowest BCUT2D eigenvalue weighted by Gasteiger charge is -2.26. The Labute approximate surface area is 168 Å². The van der Waals surface area contributed by atoms with Crippen LogP contribution in [0.3, 0.4) is 0 Å². The van der Waals surface area contributed by atoms with Crippen LogP contribution >= 0.6 is 0 Å². The second-order valence-electron chi connectivity index (χ2n) is 6.37. The smallest absolute Gasteiger partial charge is 0.335 e. The van der Waals surface area contributed by atoms with Crippen LogP contribution in [0.2, 0.25) is 0 Å². The monoisotopic (exact) mass is 394 g/mol. The van der Waals surface area contributed by atoms with E-state index in [0.717, 1.165) is 10.5 Å². The quantitative estimate of drug-likeness (QED) is 0.599. The second-order valence-corrected chi connectivity index (χ2v) is 6.37. The molecule has 3 rings (SSSR count). The standard InChI is InChI=1S/C22H22N2O5/c1-4-28-18-11-8-15(13-19(18)29-5-2)12-17-20(25)23-22(27)24(21(17)26)16-9-6-14(3)7-10-16/h6-13H,4-5H2,1-3H3,(H,23,25,27)/b17-12+. The van der Waals surface area contributed by atoms with E-state index in [-0.39, 0.29) is 5.57 Å². The summed E-state index contributed by atoms with van der Waals surface area (Å²) in [5.41, 5.74) is 1.81. The number of urea groups is 1. The highest BCUT2D eigenvalue weighted by molar-refractivity contribution is 6.39. The van der Waals surface area contributed by atoms with Gasteiger partial charge in [0, 0.05) is 0 Å². The molecule has 1 fully saturated rings. The Morgan fingerprint density at radius 3 is 2.24 bits per heavy atom. The molecule has 1 aliphatic heterocycles. The number of nitrogens with zero attached hydrogens (tertiary/aromatic N) is 1. The molecule has 2 aromatic carbocycles. The van der Waals surface area contributed by atoms with Gasteiger partial charge in [0.25, 0.3) is 11.8 Å². The molecule has 0 unspecified atom stereocenters. The summed E-state index contributed by atoms with van der Waals surface area (Å²) in [4.78, 5) is 38.5. The minimum atomic E-state index is -0.775. The molecule has 7 nitrogen and oxygen atoms in total. The molecule has 0 radical (unpaired) electrons. The largest absolute Gasteiger partial charge is 0.490 e. The van der Waals surface area contributed by atoms with Crippen molar-refractivity contribution in [1.29, 1.82) is 0 Å². The Morgan fingerprint density at radius 2 is 1.59 bits per heavy atom. The third-order valence-corrected chi connectivity index (χ3v) is 4.27. The minimum Gasteiger partial charge on any atom is -0.490 e. The van der Waals surface area contributed by atoms with Crippen molar-refractivity contribution in [2.75, 3.05) is 18.1 Å². The molecule has 0 aliphatic carbocycles. The number of hydrogen-bond donors (Lipinski definition) is 1. The average molecular weight is 394 g/mol. The van der Waals surface area contributed by atoms with Gasteiger partial charge < -0.3 is 9.47 Å². The van der Waals surface area contributed by atoms with Gasteiger partial charge in [-0.3, -0.25) is 14.9 Å². The lowest BCUT2D eigenvalue weighted by Crippen LogP contribution is -2.54. The zero-order chi connectivity index (χ0) is 21.0. The number of aryl methyl sites for hydroxylation is 1. The van der Waals surface area contributed by atoms with Gasteiger partial charge in [-0.2, -0.15) is 0 Å². The minimum absolute atomic E-state index is 0.142. The first-order valence-electron chi connectivity index (χ1n) is 9.32. The maximum absolute atomic E-state index is 12.9. The van der Waals surface area contributed by atoms with E-state index in [4.69, 9.17) is 9.47 Å². The summed E-state index contributed by atoms with van der Waals surface area (Å²) in [5.74, 6) is -0.337. The summed E-state index contributed by atoms with van der Waals surface area (Å²) in [6.07, 6.45) is 1.43. The fourth-order valence-electron chi connectivity index (χ4n) is 2.91. The molecule has 0 saturated carbocycles. The Balaban J connectivity index is 1.98. The van der Waals surface area contributed by atoms with E-state index in [1.807, 2.05) is 20.8 Å². The highest BCUT2D eigenvalue weighted by Gasteiger charge is 2.36. The molecule has 0 atom stereocenters. The summed E-state index contributed by atoms with van der Waals surface area (Å²) in [6, 6.07) is 11.2. The first kappa shape index (κ1) is 20.1. The van der Waals surface area contributed by atoms with Crippen LogP contribution < -0.4 is 19.7 Å². The summed E-state index contributed by atoms with van der Waals surface area (Å²) < 4.78 is 11.1. The highest BCUT2D eigenvalue weighted by Crippen LogP contribution is 2.30. The van der Waals surface area contributed by atoms with Gasteiger partial charge in [0.05, 0.1) is 18.9 Å². The maximum Gasteiger partial charge on any atom is 0.335 e. The number of barbiturate groups is 1. The van der Waals surface area contributed by atoms with E-state index in [2.05, 4.69) is 5.32 Å². The van der Waals surface area contributed by atoms with Crippen LogP contribution in [0.1, 0.15) is 25.0 Å². The van der Waals surface area contributed by atoms with Gasteiger partial charge in [-0.15, -0.1) is 0 Å². The molecule has 150 valence electrons. The summed E-state index contributed by atoms with van der Waals surface area (Å²) >= 11 is 0. The third-order valence-electron chi connectivity index (χ3n) is 4.27. The molecule has 29 heavy (non-hydrogen) atoms. The van der Waals surface area contributed by atoms with Crippen molar-refractivity contribution in [3.63, 3.8) is 0 Å². The summed E-state index contributed by atoms with van der Waals surface area (Å²) in [5, 5.41) is 2.22. The average Bonchev–Trinajstić information content (AvgIpc) is 2.69. The number of carbonyl (C=O) groups excluding carboxylic acids is 3. The van der Waals surface area contributed by atoms with E-state index in [1.165, 1.54) is 6.08 Å². The molecule has 4 amide bonds. The predicted molar refractivity (Wildman–Crippen MR) is 109 cm³/mol. The van der Waals surface area contributed by atoms with E-state index in [0.29, 0.717) is 36.0 Å². The summed E-state index contributed by atoms with van der Waals surface area (Å²) in [6.45, 7) is 6.54. The Kier molecular flexibility index (Phi) is 5.97. The van der Waals surface area contributed by atoms with Crippen molar-refractivity contribution in [1.82, 2.24) is 5.32 Å². The SMILES string of the molecule is CCOc1ccc(/C=C2\C(=O)NC(=O)N(c3ccc(C)cc3)C2=O)cc1OCC. The number of benzene rings is 2. The van der Waals surface area contributed by atoms with Crippen LogP contribution in [-0.4, -0.2) is 31.1 Å². The number of amides is 4. The molecule has 1 saturated heterocycles. The molecule has 1 N–H and O–H groups in total. The van der Waals surface area contributed by atoms with Crippen molar-refractivity contribution < 1.29 is 23.9 Å². The maximum atomic E-state index is 12.9. The van der Waals surface area contributed by atoms with Crippen molar-refractivity contribution in [2.24, 2.45) is 0 Å². The lowest BCUT2D eigenvalue weighted by atomic mass is 10.1. The Morgan fingerprint density at radius 1 is 0.931 bits per heavy atom. The van der Waals surface area contributed by atoms with Crippen molar-refractivity contribution >= 4 is 29.6 Å². The van der Waals surface area contributed by atoms with Crippen LogP contribution in [0.25, 0.3) is 6.08 Å². The number of nitrogens with one attached hydrogen (secondary N) is 1. The second kappa shape index (κ2) is 8.60. The first-order valence-corrected chi connectivity index (χ1v) is 9.32. The number of ether oxygens (including phenoxy) is 2. The normalized spacial score (nSPS) is 15.5. The fraction of sp³-hybridized carbons (Fsp3) is 0.227. The van der Waals surface area contributed by atoms with E-state index >= 15 is 0 Å². The van der Waals surface area contributed by atoms with E-state index < -0.39 is 17.8 Å². The van der Waals surface area contributed by atoms with Crippen molar-refractivity contribution in [2.45, 2.75) is 20.8 Å². The number of imide groups is 2. The summed E-state index contributed by atoms with van der Waals surface area (Å²) in [7, 11) is 0. The van der Waals surface area contributed by atoms with Crippen LogP contribution in [-0.2, 0) is 9.59 Å². The van der Waals surface area contributed by atoms with Crippen molar-refractivity contribution in [3.8, 4) is 11.5 Å². The van der Waals surface area contributed by atoms with Crippen molar-refractivity contribution in [3.05, 3.63) is 59.2 Å². The van der Waals surface area contributed by atoms with Gasteiger partial charge >= 0.3 is 6.03 Å². The van der Waals surface area contributed by atoms with Gasteiger partial charge in [0.1, 0.15) is 5.57 Å². The first-order chi connectivity index (χ1) is 13.9. The molecule has 0 bridgehead atoms. The van der Waals surface area contributed by atoms with Gasteiger partial charge in [0.15, 0.2) is 11.5 Å². The molecule has 0 aromatic heterocycles. The van der Waals surface area contributed by atoms with Gasteiger partial charge in [-0.1, -0.05) is 23.8 Å². The van der Waals surface area contributed by atoms with Gasteiger partial charge in [0.2, 0.25) is 0 Å². The van der Waals surface area contributed by atoms with Crippen LogP contribution in [0.5, 0.6) is 11.5 Å². The highest BCUT2D eigenvalue weighted by atomic mass is 16.5. The van der Waals surface area contributed by atoms with Crippen LogP contribution in [0.15, 0.2) is 48.0 Å². The molecule has 0 spiro atoms. The number of carbonyl (C=O) groups is 3. The predicted octanol–water partition coefficient (Wildman–Crippen LogP) is 3.46. The molecule has 1 heterocycles. The van der Waals surface area contributed by atoms with Crippen LogP contribution in [0.4, 0.5) is 10.5 Å². The Hall–Kier alpha value is -3.61. The molecule has 7 heteroatoms. The molecule has 2 aromatic rings. The van der Waals surface area contributed by atoms with E-state index in [9.17, 15) is 14.4 Å².